The minimum Gasteiger partial charge on any atom is -0.598 e. The van der Waals surface area contributed by atoms with Gasteiger partial charge in [0, 0.05) is 59.9 Å². The molecular formula is C36H45N7O3S. The van der Waals surface area contributed by atoms with E-state index in [-0.39, 0.29) is 17.7 Å². The topological polar surface area (TPSA) is 111 Å². The van der Waals surface area contributed by atoms with E-state index in [1.165, 1.54) is 5.56 Å². The number of nitrogens with one attached hydrogen (secondary N) is 2. The van der Waals surface area contributed by atoms with Crippen LogP contribution in [0.1, 0.15) is 56.0 Å². The Morgan fingerprint density at radius 2 is 1.72 bits per heavy atom. The molecule has 0 radical (unpaired) electrons. The number of rotatable bonds is 8. The molecule has 0 saturated carbocycles. The summed E-state index contributed by atoms with van der Waals surface area (Å²) in [7, 11) is 2.13. The molecule has 7 rings (SSSR count). The molecule has 5 heterocycles. The molecule has 2 atom stereocenters. The molecule has 3 saturated heterocycles. The highest BCUT2D eigenvalue weighted by atomic mass is 32.2. The number of ether oxygens (including phenoxy) is 1. The fraction of sp³-hybridized carbons (Fsp3) is 0.472. The molecule has 47 heavy (non-hydrogen) atoms. The Balaban J connectivity index is 1.17. The first-order valence-electron chi connectivity index (χ1n) is 17.0. The SMILES string of the molecule is CN1CCCC(Oc2ccc(Nc3ncc4cc(-c5ccc(C6CCNCC6)cc5)c(=O)n(C5CCN([S+](C)[O-])CC5)c4n3)cc2)C1. The van der Waals surface area contributed by atoms with E-state index in [2.05, 4.69) is 51.8 Å². The highest BCUT2D eigenvalue weighted by Crippen LogP contribution is 2.31. The van der Waals surface area contributed by atoms with Crippen LogP contribution in [0.15, 0.2) is 65.6 Å². The largest absolute Gasteiger partial charge is 0.598 e. The van der Waals surface area contributed by atoms with Gasteiger partial charge in [-0.25, -0.2) is 4.98 Å². The molecule has 10 nitrogen and oxygen atoms in total. The van der Waals surface area contributed by atoms with E-state index < -0.39 is 11.4 Å². The predicted molar refractivity (Wildman–Crippen MR) is 189 cm³/mol. The van der Waals surface area contributed by atoms with Crippen molar-refractivity contribution in [2.24, 2.45) is 0 Å². The van der Waals surface area contributed by atoms with E-state index in [0.29, 0.717) is 36.2 Å². The fourth-order valence-corrected chi connectivity index (χ4v) is 8.05. The molecule has 2 N–H and O–H groups in total. The summed E-state index contributed by atoms with van der Waals surface area (Å²) >= 11 is -1.03. The van der Waals surface area contributed by atoms with Crippen molar-refractivity contribution < 1.29 is 9.29 Å². The van der Waals surface area contributed by atoms with Gasteiger partial charge < -0.3 is 24.8 Å². The van der Waals surface area contributed by atoms with Crippen LogP contribution < -0.4 is 20.9 Å². The van der Waals surface area contributed by atoms with Crippen molar-refractivity contribution in [3.63, 3.8) is 0 Å². The number of aromatic nitrogens is 3. The molecule has 3 aliphatic heterocycles. The van der Waals surface area contributed by atoms with Gasteiger partial charge in [0.25, 0.3) is 5.56 Å². The van der Waals surface area contributed by atoms with Gasteiger partial charge in [0.05, 0.1) is 0 Å². The van der Waals surface area contributed by atoms with Crippen molar-refractivity contribution in [3.8, 4) is 16.9 Å². The van der Waals surface area contributed by atoms with Gasteiger partial charge >= 0.3 is 0 Å². The Hall–Kier alpha value is -3.48. The van der Waals surface area contributed by atoms with Gasteiger partial charge in [-0.2, -0.15) is 4.98 Å². The van der Waals surface area contributed by atoms with Crippen LogP contribution in [0.25, 0.3) is 22.2 Å². The molecule has 248 valence electrons. The van der Waals surface area contributed by atoms with E-state index in [9.17, 15) is 9.35 Å². The summed E-state index contributed by atoms with van der Waals surface area (Å²) in [5.74, 6) is 1.83. The number of pyridine rings is 1. The lowest BCUT2D eigenvalue weighted by atomic mass is 9.89. The second-order valence-electron chi connectivity index (χ2n) is 13.2. The zero-order valence-electron chi connectivity index (χ0n) is 27.4. The summed E-state index contributed by atoms with van der Waals surface area (Å²) in [6.45, 7) is 5.47. The molecule has 4 aromatic rings. The summed E-state index contributed by atoms with van der Waals surface area (Å²) < 4.78 is 22.2. The smallest absolute Gasteiger partial charge is 0.260 e. The third-order valence-electron chi connectivity index (χ3n) is 9.95. The average Bonchev–Trinajstić information content (AvgIpc) is 3.09. The van der Waals surface area contributed by atoms with Crippen molar-refractivity contribution in [2.75, 3.05) is 57.9 Å². The van der Waals surface area contributed by atoms with Gasteiger partial charge in [0.1, 0.15) is 23.8 Å². The summed E-state index contributed by atoms with van der Waals surface area (Å²) in [5, 5.41) is 7.59. The molecule has 0 bridgehead atoms. The summed E-state index contributed by atoms with van der Waals surface area (Å²) in [4.78, 5) is 26.2. The van der Waals surface area contributed by atoms with Gasteiger partial charge in [0.2, 0.25) is 5.95 Å². The third-order valence-corrected chi connectivity index (χ3v) is 11.0. The van der Waals surface area contributed by atoms with Crippen molar-refractivity contribution in [3.05, 3.63) is 76.7 Å². The monoisotopic (exact) mass is 655 g/mol. The number of anilines is 2. The predicted octanol–water partition coefficient (Wildman–Crippen LogP) is 5.07. The minimum atomic E-state index is -1.03. The molecule has 3 fully saturated rings. The number of benzene rings is 2. The molecule has 11 heteroatoms. The standard InChI is InChI=1S/C36H45N7O3S/c1-41-19-3-4-32(24-41)46-31-11-9-29(10-12-31)39-36-38-23-28-22-33(27-7-5-25(6-8-27)26-13-17-37-18-14-26)35(44)43(34(28)40-36)30-15-20-42(21-16-30)47(2)45/h5-12,22-23,26,30,32,37H,3-4,13-21,24H2,1-2H3,(H,38,39,40). The van der Waals surface area contributed by atoms with E-state index >= 15 is 0 Å². The summed E-state index contributed by atoms with van der Waals surface area (Å²) in [5.41, 5.74) is 4.29. The lowest BCUT2D eigenvalue weighted by molar-refractivity contribution is 0.104. The van der Waals surface area contributed by atoms with Crippen LogP contribution in [0, 0.1) is 0 Å². The zero-order valence-corrected chi connectivity index (χ0v) is 28.2. The highest BCUT2D eigenvalue weighted by Gasteiger charge is 2.29. The lowest BCUT2D eigenvalue weighted by Crippen LogP contribution is -2.40. The number of hydrogen-bond acceptors (Lipinski definition) is 9. The summed E-state index contributed by atoms with van der Waals surface area (Å²) in [6, 6.07) is 18.3. The van der Waals surface area contributed by atoms with Crippen LogP contribution in [-0.4, -0.2) is 87.0 Å². The van der Waals surface area contributed by atoms with Crippen LogP contribution in [-0.2, 0) is 11.4 Å². The Kier molecular flexibility index (Phi) is 9.78. The number of hydrogen-bond donors (Lipinski definition) is 2. The molecule has 3 aliphatic rings. The first kappa shape index (κ1) is 32.1. The van der Waals surface area contributed by atoms with Crippen molar-refractivity contribution in [2.45, 2.75) is 56.6 Å². The Labute approximate surface area is 279 Å². The first-order chi connectivity index (χ1) is 22.9. The molecule has 0 aliphatic carbocycles. The van der Waals surface area contributed by atoms with E-state index in [1.807, 2.05) is 39.2 Å². The molecule has 0 amide bonds. The zero-order chi connectivity index (χ0) is 32.3. The van der Waals surface area contributed by atoms with Crippen molar-refractivity contribution in [1.82, 2.24) is 29.1 Å². The summed E-state index contributed by atoms with van der Waals surface area (Å²) in [6.07, 6.45) is 9.65. The fourth-order valence-electron chi connectivity index (χ4n) is 7.33. The van der Waals surface area contributed by atoms with Crippen molar-refractivity contribution in [1.29, 1.82) is 0 Å². The normalized spacial score (nSPS) is 21.1. The second-order valence-corrected chi connectivity index (χ2v) is 14.6. The third kappa shape index (κ3) is 7.34. The lowest BCUT2D eigenvalue weighted by Gasteiger charge is -2.32. The number of likely N-dealkylation sites (N-methyl/N-ethyl adjacent to an activating group) is 1. The van der Waals surface area contributed by atoms with Crippen molar-refractivity contribution >= 4 is 34.0 Å². The number of piperidine rings is 3. The Bertz CT molecular complexity index is 1720. The number of likely N-dealkylation sites (tertiary alicyclic amines) is 1. The molecule has 2 unspecified atom stereocenters. The molecular weight excluding hydrogens is 611 g/mol. The van der Waals surface area contributed by atoms with E-state index in [0.717, 1.165) is 87.1 Å². The average molecular weight is 656 g/mol. The highest BCUT2D eigenvalue weighted by molar-refractivity contribution is 7.88. The van der Waals surface area contributed by atoms with Gasteiger partial charge in [-0.1, -0.05) is 24.3 Å². The first-order valence-corrected chi connectivity index (χ1v) is 18.5. The van der Waals surface area contributed by atoms with Crippen LogP contribution in [0.3, 0.4) is 0 Å². The second kappa shape index (κ2) is 14.3. The van der Waals surface area contributed by atoms with Gasteiger partial charge in [0.15, 0.2) is 0 Å². The van der Waals surface area contributed by atoms with E-state index in [4.69, 9.17) is 9.72 Å². The maximum Gasteiger partial charge on any atom is 0.260 e. The maximum absolute atomic E-state index is 14.4. The molecule has 2 aromatic heterocycles. The van der Waals surface area contributed by atoms with Crippen LogP contribution in [0.4, 0.5) is 11.6 Å². The van der Waals surface area contributed by atoms with Crippen LogP contribution >= 0.6 is 0 Å². The minimum absolute atomic E-state index is 0.0531. The maximum atomic E-state index is 14.4. The van der Waals surface area contributed by atoms with Gasteiger partial charge in [-0.05, 0) is 113 Å². The van der Waals surface area contributed by atoms with Crippen LogP contribution in [0.5, 0.6) is 5.75 Å². The Morgan fingerprint density at radius 1 is 0.979 bits per heavy atom. The van der Waals surface area contributed by atoms with Gasteiger partial charge in [-0.3, -0.25) is 9.36 Å². The molecule has 2 aromatic carbocycles. The Morgan fingerprint density at radius 3 is 2.43 bits per heavy atom. The number of fused-ring (bicyclic) bond motifs is 1. The van der Waals surface area contributed by atoms with E-state index in [1.54, 1.807) is 12.5 Å². The quantitative estimate of drug-likeness (QED) is 0.252. The molecule has 0 spiro atoms. The van der Waals surface area contributed by atoms with Crippen LogP contribution in [0.2, 0.25) is 0 Å². The number of nitrogens with zero attached hydrogens (tertiary/aromatic N) is 5. The van der Waals surface area contributed by atoms with Gasteiger partial charge in [-0.15, -0.1) is 4.31 Å².